The van der Waals surface area contributed by atoms with Gasteiger partial charge < -0.3 is 14.2 Å². The maximum atomic E-state index is 12.9. The van der Waals surface area contributed by atoms with E-state index in [-0.39, 0.29) is 37.5 Å². The smallest absolute Gasteiger partial charge is 0.306 e. The molecular weight excluding hydrogens is 1020 g/mol. The highest BCUT2D eigenvalue weighted by atomic mass is 16.6. The number of unbranched alkanes of at least 4 members (excludes halogenated alkanes) is 26. The van der Waals surface area contributed by atoms with Crippen LogP contribution in [0.15, 0.2) is 146 Å². The fourth-order valence-electron chi connectivity index (χ4n) is 9.22. The lowest BCUT2D eigenvalue weighted by Crippen LogP contribution is -2.30. The largest absolute Gasteiger partial charge is 0.462 e. The molecule has 0 radical (unpaired) electrons. The van der Waals surface area contributed by atoms with Crippen molar-refractivity contribution in [1.29, 1.82) is 0 Å². The number of ether oxygens (including phenoxy) is 3. The van der Waals surface area contributed by atoms with Gasteiger partial charge in [-0.3, -0.25) is 14.4 Å². The van der Waals surface area contributed by atoms with E-state index in [0.29, 0.717) is 19.3 Å². The number of carbonyl (C=O) groups is 3. The summed E-state index contributed by atoms with van der Waals surface area (Å²) >= 11 is 0. The van der Waals surface area contributed by atoms with Crippen molar-refractivity contribution in [3.8, 4) is 0 Å². The molecule has 0 rings (SSSR count). The highest BCUT2D eigenvalue weighted by Gasteiger charge is 2.19. The van der Waals surface area contributed by atoms with Gasteiger partial charge in [0.05, 0.1) is 0 Å². The molecule has 470 valence electrons. The highest BCUT2D eigenvalue weighted by Crippen LogP contribution is 2.16. The van der Waals surface area contributed by atoms with Crippen LogP contribution in [0, 0.1) is 0 Å². The van der Waals surface area contributed by atoms with Crippen LogP contribution in [0.1, 0.15) is 303 Å². The zero-order valence-corrected chi connectivity index (χ0v) is 53.9. The Kier molecular flexibility index (Phi) is 65.8. The van der Waals surface area contributed by atoms with Crippen molar-refractivity contribution < 1.29 is 28.6 Å². The quantitative estimate of drug-likeness (QED) is 0.0261. The molecule has 1 unspecified atom stereocenters. The van der Waals surface area contributed by atoms with E-state index >= 15 is 0 Å². The second kappa shape index (κ2) is 69.8. The van der Waals surface area contributed by atoms with Gasteiger partial charge in [-0.25, -0.2) is 0 Å². The molecule has 0 fully saturated rings. The molecule has 0 aromatic rings. The van der Waals surface area contributed by atoms with E-state index in [1.165, 1.54) is 141 Å². The van der Waals surface area contributed by atoms with Gasteiger partial charge in [0.1, 0.15) is 13.2 Å². The van der Waals surface area contributed by atoms with E-state index in [1.54, 1.807) is 0 Å². The van der Waals surface area contributed by atoms with Crippen molar-refractivity contribution in [2.45, 2.75) is 309 Å². The normalized spacial score (nSPS) is 13.0. The summed E-state index contributed by atoms with van der Waals surface area (Å²) in [6.07, 6.45) is 100. The Hall–Kier alpha value is -4.71. The SMILES string of the molecule is CC/C=C\C/C=C\C/C=C\C/C=C\C/C=C\C/C=C\C/C=C\C/C=C\C/C=C\CCCC(=O)OCC(COC(=O)CCCCCCCCC)OC(=O)CCCCCCCCCCCCCCCC/C=C\C/C=C\C/C=C\CCCCCCC. The van der Waals surface area contributed by atoms with Crippen LogP contribution in [0.4, 0.5) is 0 Å². The summed E-state index contributed by atoms with van der Waals surface area (Å²) in [7, 11) is 0. The Labute approximate surface area is 512 Å². The van der Waals surface area contributed by atoms with Gasteiger partial charge in [0.2, 0.25) is 0 Å². The van der Waals surface area contributed by atoms with Crippen LogP contribution >= 0.6 is 0 Å². The minimum absolute atomic E-state index is 0.0989. The number of hydrogen-bond donors (Lipinski definition) is 0. The zero-order valence-electron chi connectivity index (χ0n) is 53.9. The molecule has 0 aliphatic rings. The first-order valence-electron chi connectivity index (χ1n) is 34.3. The number of rotatable bonds is 61. The van der Waals surface area contributed by atoms with Crippen LogP contribution in [0.2, 0.25) is 0 Å². The Morgan fingerprint density at radius 1 is 0.253 bits per heavy atom. The molecule has 0 saturated carbocycles. The van der Waals surface area contributed by atoms with E-state index in [4.69, 9.17) is 14.2 Å². The first-order valence-corrected chi connectivity index (χ1v) is 34.3. The Morgan fingerprint density at radius 2 is 0.482 bits per heavy atom. The van der Waals surface area contributed by atoms with Crippen molar-refractivity contribution in [1.82, 2.24) is 0 Å². The molecule has 83 heavy (non-hydrogen) atoms. The summed E-state index contributed by atoms with van der Waals surface area (Å²) in [4.78, 5) is 38.1. The van der Waals surface area contributed by atoms with Crippen LogP contribution < -0.4 is 0 Å². The molecule has 0 saturated heterocycles. The monoisotopic (exact) mass is 1150 g/mol. The van der Waals surface area contributed by atoms with Gasteiger partial charge in [0.25, 0.3) is 0 Å². The van der Waals surface area contributed by atoms with E-state index in [9.17, 15) is 14.4 Å². The fraction of sp³-hybridized carbons (Fsp3) is 0.649. The molecule has 0 amide bonds. The van der Waals surface area contributed by atoms with Crippen LogP contribution in [0.5, 0.6) is 0 Å². The van der Waals surface area contributed by atoms with E-state index in [2.05, 4.69) is 167 Å². The fourth-order valence-corrected chi connectivity index (χ4v) is 9.22. The predicted octanol–water partition coefficient (Wildman–Crippen LogP) is 23.9. The van der Waals surface area contributed by atoms with Crippen LogP contribution in [0.3, 0.4) is 0 Å². The summed E-state index contributed by atoms with van der Waals surface area (Å²) in [5.41, 5.74) is 0. The van der Waals surface area contributed by atoms with E-state index < -0.39 is 6.10 Å². The van der Waals surface area contributed by atoms with Gasteiger partial charge in [-0.2, -0.15) is 0 Å². The van der Waals surface area contributed by atoms with Crippen LogP contribution in [-0.4, -0.2) is 37.2 Å². The topological polar surface area (TPSA) is 78.9 Å². The lowest BCUT2D eigenvalue weighted by molar-refractivity contribution is -0.167. The number of allylic oxidation sites excluding steroid dienone is 24. The molecule has 6 heteroatoms. The summed E-state index contributed by atoms with van der Waals surface area (Å²) < 4.78 is 16.8. The van der Waals surface area contributed by atoms with Gasteiger partial charge in [-0.1, -0.05) is 308 Å². The molecule has 0 N–H and O–H groups in total. The molecule has 0 aromatic carbocycles. The highest BCUT2D eigenvalue weighted by molar-refractivity contribution is 5.71. The van der Waals surface area contributed by atoms with Crippen LogP contribution in [0.25, 0.3) is 0 Å². The molecule has 0 aliphatic heterocycles. The lowest BCUT2D eigenvalue weighted by atomic mass is 10.0. The summed E-state index contributed by atoms with van der Waals surface area (Å²) in [5, 5.41) is 0. The lowest BCUT2D eigenvalue weighted by Gasteiger charge is -2.18. The maximum Gasteiger partial charge on any atom is 0.306 e. The van der Waals surface area contributed by atoms with Crippen molar-refractivity contribution in [3.63, 3.8) is 0 Å². The molecule has 6 nitrogen and oxygen atoms in total. The molecule has 0 aromatic heterocycles. The molecule has 0 heterocycles. The first-order chi connectivity index (χ1) is 41.0. The molecule has 0 aliphatic carbocycles. The Bertz CT molecular complexity index is 1800. The van der Waals surface area contributed by atoms with Crippen molar-refractivity contribution in [2.75, 3.05) is 13.2 Å². The molecule has 0 bridgehead atoms. The average Bonchev–Trinajstić information content (AvgIpc) is 3.49. The molecule has 0 spiro atoms. The second-order valence-corrected chi connectivity index (χ2v) is 22.4. The third kappa shape index (κ3) is 68.0. The van der Waals surface area contributed by atoms with Crippen molar-refractivity contribution in [2.24, 2.45) is 0 Å². The third-order valence-corrected chi connectivity index (χ3v) is 14.3. The van der Waals surface area contributed by atoms with Crippen molar-refractivity contribution >= 4 is 17.9 Å². The van der Waals surface area contributed by atoms with Crippen molar-refractivity contribution in [3.05, 3.63) is 146 Å². The van der Waals surface area contributed by atoms with Gasteiger partial charge in [-0.05, 0) is 122 Å². The van der Waals surface area contributed by atoms with E-state index in [1.807, 2.05) is 0 Å². The maximum absolute atomic E-state index is 12.9. The number of esters is 3. The summed E-state index contributed by atoms with van der Waals surface area (Å²) in [6.45, 7) is 6.43. The Balaban J connectivity index is 4.23. The third-order valence-electron chi connectivity index (χ3n) is 14.3. The van der Waals surface area contributed by atoms with Gasteiger partial charge >= 0.3 is 17.9 Å². The molecule has 1 atom stereocenters. The Morgan fingerprint density at radius 3 is 0.783 bits per heavy atom. The summed E-state index contributed by atoms with van der Waals surface area (Å²) in [5.74, 6) is -0.967. The standard InChI is InChI=1S/C77H126O6/c1-4-7-10-13-16-18-20-22-24-26-28-30-32-34-36-38-40-42-44-46-48-50-52-54-56-58-61-64-67-70-76(79)82-73-74(72-81-75(78)69-66-63-60-15-12-9-6-3)83-77(80)71-68-65-62-59-57-55-53-51-49-47-45-43-41-39-37-35-33-31-29-27-25-23-21-19-17-14-11-8-5-2/h7,10,16,18,21-24,27-30,33-36,40,42,46,48,52,54,58,61,74H,4-6,8-9,11-15,17,19-20,25-26,31-32,37-39,41,43-45,47,49-51,53,55-57,59-60,62-73H2,1-3H3/b10-7-,18-16-,23-21-,24-22-,29-27-,30-28-,35-33-,36-34-,42-40-,48-46-,54-52-,61-58-. The van der Waals surface area contributed by atoms with Gasteiger partial charge in [-0.15, -0.1) is 0 Å². The van der Waals surface area contributed by atoms with Gasteiger partial charge in [0, 0.05) is 19.3 Å². The summed E-state index contributed by atoms with van der Waals surface area (Å²) in [6, 6.07) is 0. The number of hydrogen-bond acceptors (Lipinski definition) is 6. The zero-order chi connectivity index (χ0) is 59.9. The van der Waals surface area contributed by atoms with Crippen LogP contribution in [-0.2, 0) is 28.6 Å². The predicted molar refractivity (Wildman–Crippen MR) is 362 cm³/mol. The minimum atomic E-state index is -0.805. The number of carbonyl (C=O) groups excluding carboxylic acids is 3. The van der Waals surface area contributed by atoms with E-state index in [0.717, 1.165) is 116 Å². The van der Waals surface area contributed by atoms with Gasteiger partial charge in [0.15, 0.2) is 6.10 Å². The minimum Gasteiger partial charge on any atom is -0.462 e. The second-order valence-electron chi connectivity index (χ2n) is 22.4. The first kappa shape index (κ1) is 78.3. The average molecular weight is 1150 g/mol. The molecular formula is C77H126O6.